The van der Waals surface area contributed by atoms with E-state index in [1.54, 1.807) is 6.20 Å². The van der Waals surface area contributed by atoms with Crippen LogP contribution in [-0.4, -0.2) is 4.98 Å². The SMILES string of the molecule is NC(c1ccc2ccccc2c1)c1ncc(Br)cc1Br. The lowest BCUT2D eigenvalue weighted by molar-refractivity contribution is 0.822. The normalized spacial score (nSPS) is 12.6. The van der Waals surface area contributed by atoms with Crippen LogP contribution in [0.4, 0.5) is 0 Å². The molecule has 0 bridgehead atoms. The number of pyridine rings is 1. The van der Waals surface area contributed by atoms with Crippen molar-refractivity contribution < 1.29 is 0 Å². The average molecular weight is 392 g/mol. The van der Waals surface area contributed by atoms with Gasteiger partial charge >= 0.3 is 0 Å². The first-order valence-corrected chi connectivity index (χ1v) is 7.79. The van der Waals surface area contributed by atoms with Gasteiger partial charge in [-0.3, -0.25) is 4.98 Å². The molecule has 2 N–H and O–H groups in total. The monoisotopic (exact) mass is 390 g/mol. The van der Waals surface area contributed by atoms with Crippen LogP contribution in [0.15, 0.2) is 63.7 Å². The van der Waals surface area contributed by atoms with Crippen molar-refractivity contribution in [3.63, 3.8) is 0 Å². The van der Waals surface area contributed by atoms with Crippen molar-refractivity contribution in [1.82, 2.24) is 4.98 Å². The van der Waals surface area contributed by atoms with Crippen molar-refractivity contribution in [2.75, 3.05) is 0 Å². The largest absolute Gasteiger partial charge is 0.319 e. The summed E-state index contributed by atoms with van der Waals surface area (Å²) in [7, 11) is 0. The number of fused-ring (bicyclic) bond motifs is 1. The fourth-order valence-corrected chi connectivity index (χ4v) is 3.45. The zero-order valence-corrected chi connectivity index (χ0v) is 13.7. The fraction of sp³-hybridized carbons (Fsp3) is 0.0625. The van der Waals surface area contributed by atoms with Gasteiger partial charge in [-0.1, -0.05) is 36.4 Å². The Kier molecular flexibility index (Phi) is 3.87. The van der Waals surface area contributed by atoms with Crippen LogP contribution in [0.5, 0.6) is 0 Å². The van der Waals surface area contributed by atoms with Crippen LogP contribution in [0.1, 0.15) is 17.3 Å². The summed E-state index contributed by atoms with van der Waals surface area (Å²) in [5, 5.41) is 2.40. The van der Waals surface area contributed by atoms with Crippen molar-refractivity contribution >= 4 is 42.6 Å². The highest BCUT2D eigenvalue weighted by Crippen LogP contribution is 2.28. The highest BCUT2D eigenvalue weighted by atomic mass is 79.9. The highest BCUT2D eigenvalue weighted by molar-refractivity contribution is 9.11. The number of hydrogen-bond donors (Lipinski definition) is 1. The molecule has 0 aliphatic heterocycles. The minimum absolute atomic E-state index is 0.248. The second-order valence-electron chi connectivity index (χ2n) is 4.60. The Bertz CT molecular complexity index is 771. The molecule has 1 heterocycles. The number of aromatic nitrogens is 1. The summed E-state index contributed by atoms with van der Waals surface area (Å²) in [6, 6.07) is 16.2. The first-order valence-electron chi connectivity index (χ1n) is 6.20. The Morgan fingerprint density at radius 3 is 2.45 bits per heavy atom. The lowest BCUT2D eigenvalue weighted by Gasteiger charge is -2.14. The minimum atomic E-state index is -0.248. The molecule has 0 aliphatic rings. The molecule has 1 atom stereocenters. The summed E-state index contributed by atoms with van der Waals surface area (Å²) in [6.07, 6.45) is 1.76. The van der Waals surface area contributed by atoms with Crippen LogP contribution in [-0.2, 0) is 0 Å². The van der Waals surface area contributed by atoms with Crippen LogP contribution in [0.3, 0.4) is 0 Å². The topological polar surface area (TPSA) is 38.9 Å². The predicted molar refractivity (Wildman–Crippen MR) is 89.6 cm³/mol. The number of benzene rings is 2. The van der Waals surface area contributed by atoms with Gasteiger partial charge in [0.05, 0.1) is 11.7 Å². The van der Waals surface area contributed by atoms with Gasteiger partial charge in [-0.2, -0.15) is 0 Å². The molecule has 0 radical (unpaired) electrons. The Hall–Kier alpha value is -1.23. The molecule has 1 aromatic heterocycles. The van der Waals surface area contributed by atoms with E-state index in [4.69, 9.17) is 5.73 Å². The number of nitrogens with zero attached hydrogens (tertiary/aromatic N) is 1. The summed E-state index contributed by atoms with van der Waals surface area (Å²) in [6.45, 7) is 0. The zero-order chi connectivity index (χ0) is 14.1. The van der Waals surface area contributed by atoms with Gasteiger partial charge in [0.2, 0.25) is 0 Å². The van der Waals surface area contributed by atoms with Crippen molar-refractivity contribution in [2.24, 2.45) is 5.73 Å². The molecular weight excluding hydrogens is 380 g/mol. The summed E-state index contributed by atoms with van der Waals surface area (Å²) in [4.78, 5) is 4.42. The molecule has 1 unspecified atom stereocenters. The molecule has 0 spiro atoms. The van der Waals surface area contributed by atoms with Crippen LogP contribution >= 0.6 is 31.9 Å². The average Bonchev–Trinajstić information content (AvgIpc) is 2.46. The van der Waals surface area contributed by atoms with E-state index in [-0.39, 0.29) is 6.04 Å². The van der Waals surface area contributed by atoms with Gasteiger partial charge in [0, 0.05) is 15.1 Å². The third kappa shape index (κ3) is 2.64. The van der Waals surface area contributed by atoms with E-state index in [0.717, 1.165) is 20.2 Å². The van der Waals surface area contributed by atoms with Crippen LogP contribution in [0.25, 0.3) is 10.8 Å². The van der Waals surface area contributed by atoms with Crippen molar-refractivity contribution in [1.29, 1.82) is 0 Å². The van der Waals surface area contributed by atoms with Crippen LogP contribution in [0, 0.1) is 0 Å². The maximum atomic E-state index is 6.35. The van der Waals surface area contributed by atoms with Crippen molar-refractivity contribution in [3.05, 3.63) is 74.9 Å². The van der Waals surface area contributed by atoms with Gasteiger partial charge in [-0.15, -0.1) is 0 Å². The van der Waals surface area contributed by atoms with E-state index >= 15 is 0 Å². The van der Waals surface area contributed by atoms with E-state index < -0.39 is 0 Å². The Morgan fingerprint density at radius 1 is 0.950 bits per heavy atom. The molecule has 0 saturated carbocycles. The molecule has 20 heavy (non-hydrogen) atoms. The van der Waals surface area contributed by atoms with Crippen LogP contribution < -0.4 is 5.73 Å². The first-order chi connectivity index (χ1) is 9.65. The Morgan fingerprint density at radius 2 is 1.70 bits per heavy atom. The molecular formula is C16H12Br2N2. The number of nitrogens with two attached hydrogens (primary N) is 1. The van der Waals surface area contributed by atoms with Crippen molar-refractivity contribution in [3.8, 4) is 0 Å². The second-order valence-corrected chi connectivity index (χ2v) is 6.37. The molecule has 0 fully saturated rings. The number of halogens is 2. The first kappa shape index (κ1) is 13.7. The van der Waals surface area contributed by atoms with E-state index in [1.807, 2.05) is 18.2 Å². The third-order valence-electron chi connectivity index (χ3n) is 3.26. The van der Waals surface area contributed by atoms with Gasteiger partial charge in [-0.25, -0.2) is 0 Å². The number of hydrogen-bond acceptors (Lipinski definition) is 2. The molecule has 3 rings (SSSR count). The van der Waals surface area contributed by atoms with Gasteiger partial charge in [0.1, 0.15) is 0 Å². The molecule has 4 heteroatoms. The second kappa shape index (κ2) is 5.64. The Balaban J connectivity index is 2.05. The summed E-state index contributed by atoms with van der Waals surface area (Å²) < 4.78 is 1.84. The number of rotatable bonds is 2. The molecule has 2 nitrogen and oxygen atoms in total. The molecule has 0 saturated heterocycles. The third-order valence-corrected chi connectivity index (χ3v) is 4.33. The van der Waals surface area contributed by atoms with Gasteiger partial charge in [-0.05, 0) is 60.3 Å². The summed E-state index contributed by atoms with van der Waals surface area (Å²) in [5.41, 5.74) is 8.24. The lowest BCUT2D eigenvalue weighted by Crippen LogP contribution is -2.14. The maximum Gasteiger partial charge on any atom is 0.0758 e. The van der Waals surface area contributed by atoms with E-state index in [0.29, 0.717) is 0 Å². The predicted octanol–water partition coefficient (Wildman–Crippen LogP) is 4.81. The minimum Gasteiger partial charge on any atom is -0.319 e. The lowest BCUT2D eigenvalue weighted by atomic mass is 10.00. The maximum absolute atomic E-state index is 6.35. The van der Waals surface area contributed by atoms with Gasteiger partial charge in [0.15, 0.2) is 0 Å². The molecule has 0 amide bonds. The van der Waals surface area contributed by atoms with Crippen LogP contribution in [0.2, 0.25) is 0 Å². The Labute approximate surface area is 134 Å². The smallest absolute Gasteiger partial charge is 0.0758 e. The standard InChI is InChI=1S/C16H12Br2N2/c17-13-8-14(18)16(20-9-13)15(19)12-6-5-10-3-1-2-4-11(10)7-12/h1-9,15H,19H2. The van der Waals surface area contributed by atoms with E-state index in [1.165, 1.54) is 10.8 Å². The molecule has 100 valence electrons. The van der Waals surface area contributed by atoms with Gasteiger partial charge < -0.3 is 5.73 Å². The molecule has 3 aromatic rings. The summed E-state index contributed by atoms with van der Waals surface area (Å²) in [5.74, 6) is 0. The van der Waals surface area contributed by atoms with Crippen molar-refractivity contribution in [2.45, 2.75) is 6.04 Å². The highest BCUT2D eigenvalue weighted by Gasteiger charge is 2.14. The zero-order valence-electron chi connectivity index (χ0n) is 10.6. The molecule has 2 aromatic carbocycles. The fourth-order valence-electron chi connectivity index (χ4n) is 2.21. The van der Waals surface area contributed by atoms with Gasteiger partial charge in [0.25, 0.3) is 0 Å². The van der Waals surface area contributed by atoms with E-state index in [2.05, 4.69) is 67.2 Å². The molecule has 0 aliphatic carbocycles. The quantitative estimate of drug-likeness (QED) is 0.680. The van der Waals surface area contributed by atoms with E-state index in [9.17, 15) is 0 Å². The summed E-state index contributed by atoms with van der Waals surface area (Å²) >= 11 is 6.92.